The molecule has 0 N–H and O–H groups in total. The maximum Gasteiger partial charge on any atom is 0.254 e. The minimum Gasteiger partial charge on any atom is -0.491 e. The van der Waals surface area contributed by atoms with Crippen LogP contribution >= 0.6 is 11.3 Å². The molecule has 0 spiro atoms. The molecule has 8 nitrogen and oxygen atoms in total. The Bertz CT molecular complexity index is 1280. The van der Waals surface area contributed by atoms with Crippen LogP contribution in [-0.2, 0) is 16.0 Å². The van der Waals surface area contributed by atoms with E-state index in [9.17, 15) is 14.0 Å². The van der Waals surface area contributed by atoms with E-state index in [4.69, 9.17) is 18.9 Å². The van der Waals surface area contributed by atoms with E-state index in [1.54, 1.807) is 58.6 Å². The van der Waals surface area contributed by atoms with Crippen molar-refractivity contribution in [1.82, 2.24) is 9.80 Å². The van der Waals surface area contributed by atoms with Gasteiger partial charge in [-0.1, -0.05) is 0 Å². The van der Waals surface area contributed by atoms with Gasteiger partial charge in [0.25, 0.3) is 5.91 Å². The third kappa shape index (κ3) is 5.76. The zero-order valence-corrected chi connectivity index (χ0v) is 21.9. The van der Waals surface area contributed by atoms with Crippen LogP contribution < -0.4 is 14.2 Å². The van der Waals surface area contributed by atoms with Gasteiger partial charge in [0, 0.05) is 37.2 Å². The van der Waals surface area contributed by atoms with Gasteiger partial charge in [0.05, 0.1) is 6.04 Å². The van der Waals surface area contributed by atoms with Crippen molar-refractivity contribution in [3.05, 3.63) is 75.7 Å². The molecule has 2 amide bonds. The van der Waals surface area contributed by atoms with Crippen molar-refractivity contribution in [3.63, 3.8) is 0 Å². The van der Waals surface area contributed by atoms with E-state index in [0.29, 0.717) is 48.9 Å². The van der Waals surface area contributed by atoms with E-state index in [1.807, 2.05) is 11.4 Å². The zero-order chi connectivity index (χ0) is 26.5. The molecule has 38 heavy (non-hydrogen) atoms. The highest BCUT2D eigenvalue weighted by atomic mass is 32.1. The van der Waals surface area contributed by atoms with E-state index < -0.39 is 0 Å². The Morgan fingerprint density at radius 2 is 1.95 bits per heavy atom. The molecular formula is C28H29FN2O6S. The molecule has 2 aliphatic rings. The first-order valence-electron chi connectivity index (χ1n) is 12.5. The average molecular weight is 541 g/mol. The molecule has 5 rings (SSSR count). The number of hydrogen-bond donors (Lipinski definition) is 0. The lowest BCUT2D eigenvalue weighted by molar-refractivity contribution is -0.135. The zero-order valence-electron chi connectivity index (χ0n) is 21.1. The number of benzene rings is 2. The largest absolute Gasteiger partial charge is 0.491 e. The summed E-state index contributed by atoms with van der Waals surface area (Å²) in [4.78, 5) is 31.8. The molecule has 0 fully saturated rings. The predicted molar refractivity (Wildman–Crippen MR) is 139 cm³/mol. The lowest BCUT2D eigenvalue weighted by atomic mass is 10.0. The molecule has 0 radical (unpaired) electrons. The number of nitrogens with zero attached hydrogens (tertiary/aromatic N) is 2. The summed E-state index contributed by atoms with van der Waals surface area (Å²) in [7, 11) is 1.60. The van der Waals surface area contributed by atoms with E-state index in [2.05, 4.69) is 0 Å². The second kappa shape index (κ2) is 11.8. The fourth-order valence-corrected chi connectivity index (χ4v) is 5.63. The molecule has 0 aliphatic carbocycles. The molecule has 3 aromatic rings. The number of thiophene rings is 1. The molecular weight excluding hydrogens is 511 g/mol. The van der Waals surface area contributed by atoms with Gasteiger partial charge in [0.2, 0.25) is 12.7 Å². The second-order valence-electron chi connectivity index (χ2n) is 9.06. The van der Waals surface area contributed by atoms with Crippen LogP contribution in [-0.4, -0.2) is 68.4 Å². The highest BCUT2D eigenvalue weighted by molar-refractivity contribution is 7.10. The van der Waals surface area contributed by atoms with Crippen molar-refractivity contribution in [3.8, 4) is 17.2 Å². The van der Waals surface area contributed by atoms with Gasteiger partial charge in [0.1, 0.15) is 24.7 Å². The van der Waals surface area contributed by atoms with Crippen LogP contribution in [0.3, 0.4) is 0 Å². The van der Waals surface area contributed by atoms with E-state index in [0.717, 1.165) is 12.0 Å². The standard InChI is InChI=1S/C28H29FN2O6S/c1-34-13-2-11-30(28(33)19-3-8-24-25(15-19)37-18-36-24)16-27(32)31-12-9-26-22(10-14-38-26)23(31)17-35-21-6-4-20(29)5-7-21/h3-8,10,14-15,23H,2,9,11-13,16-18H2,1H3/t23-/m0/s1. The van der Waals surface area contributed by atoms with Gasteiger partial charge in [0.15, 0.2) is 11.5 Å². The fraction of sp³-hybridized carbons (Fsp3) is 0.357. The van der Waals surface area contributed by atoms with Crippen LogP contribution in [0.5, 0.6) is 17.2 Å². The van der Waals surface area contributed by atoms with Crippen molar-refractivity contribution >= 4 is 23.2 Å². The third-order valence-electron chi connectivity index (χ3n) is 6.65. The van der Waals surface area contributed by atoms with Gasteiger partial charge in [-0.05, 0) is 72.3 Å². The Morgan fingerprint density at radius 3 is 2.76 bits per heavy atom. The molecule has 0 saturated heterocycles. The Kier molecular flexibility index (Phi) is 8.09. The number of rotatable bonds is 10. The average Bonchev–Trinajstić information content (AvgIpc) is 3.61. The molecule has 0 unspecified atom stereocenters. The van der Waals surface area contributed by atoms with Crippen molar-refractivity contribution in [2.24, 2.45) is 0 Å². The number of ether oxygens (including phenoxy) is 4. The first-order valence-corrected chi connectivity index (χ1v) is 13.3. The molecule has 200 valence electrons. The van der Waals surface area contributed by atoms with Crippen LogP contribution in [0.1, 0.15) is 33.3 Å². The Hall–Kier alpha value is -3.63. The lowest BCUT2D eigenvalue weighted by Crippen LogP contribution is -2.48. The van der Waals surface area contributed by atoms with Gasteiger partial charge >= 0.3 is 0 Å². The minimum absolute atomic E-state index is 0.0799. The number of carbonyl (C=O) groups excluding carboxylic acids is 2. The van der Waals surface area contributed by atoms with Crippen LogP contribution in [0.25, 0.3) is 0 Å². The number of amides is 2. The van der Waals surface area contributed by atoms with Crippen molar-refractivity contribution in [2.75, 3.05) is 46.8 Å². The van der Waals surface area contributed by atoms with E-state index in [1.165, 1.54) is 17.0 Å². The van der Waals surface area contributed by atoms with Gasteiger partial charge in [-0.15, -0.1) is 11.3 Å². The molecule has 0 saturated carbocycles. The van der Waals surface area contributed by atoms with Gasteiger partial charge in [-0.3, -0.25) is 9.59 Å². The molecule has 2 aliphatic heterocycles. The summed E-state index contributed by atoms with van der Waals surface area (Å²) in [6, 6.07) is 12.6. The topological polar surface area (TPSA) is 77.5 Å². The Morgan fingerprint density at radius 1 is 1.13 bits per heavy atom. The summed E-state index contributed by atoms with van der Waals surface area (Å²) in [5.74, 6) is 0.861. The number of methoxy groups -OCH3 is 1. The highest BCUT2D eigenvalue weighted by Gasteiger charge is 2.34. The SMILES string of the molecule is COCCCN(CC(=O)N1CCc2sccc2[C@@H]1COc1ccc(F)cc1)C(=O)c1ccc2c(c1)OCO2. The quantitative estimate of drug-likeness (QED) is 0.357. The van der Waals surface area contributed by atoms with Crippen LogP contribution in [0.15, 0.2) is 53.9 Å². The maximum atomic E-state index is 13.7. The van der Waals surface area contributed by atoms with Gasteiger partial charge in [-0.25, -0.2) is 4.39 Å². The fourth-order valence-electron chi connectivity index (χ4n) is 4.70. The molecule has 2 aromatic carbocycles. The number of hydrogen-bond acceptors (Lipinski definition) is 7. The van der Waals surface area contributed by atoms with Gasteiger partial charge < -0.3 is 28.7 Å². The highest BCUT2D eigenvalue weighted by Crippen LogP contribution is 2.35. The summed E-state index contributed by atoms with van der Waals surface area (Å²) in [5.41, 5.74) is 1.47. The number of halogens is 1. The Labute approximate surface area is 224 Å². The first kappa shape index (κ1) is 26.0. The van der Waals surface area contributed by atoms with Crippen LogP contribution in [0.2, 0.25) is 0 Å². The lowest BCUT2D eigenvalue weighted by Gasteiger charge is -2.37. The van der Waals surface area contributed by atoms with Gasteiger partial charge in [-0.2, -0.15) is 0 Å². The van der Waals surface area contributed by atoms with Crippen molar-refractivity contribution in [2.45, 2.75) is 18.9 Å². The molecule has 3 heterocycles. The van der Waals surface area contributed by atoms with E-state index in [-0.39, 0.29) is 43.6 Å². The summed E-state index contributed by atoms with van der Waals surface area (Å²) in [6.07, 6.45) is 1.33. The summed E-state index contributed by atoms with van der Waals surface area (Å²) >= 11 is 1.66. The summed E-state index contributed by atoms with van der Waals surface area (Å²) in [5, 5.41) is 2.02. The molecule has 0 bridgehead atoms. The van der Waals surface area contributed by atoms with Crippen LogP contribution in [0.4, 0.5) is 4.39 Å². The molecule has 1 atom stereocenters. The van der Waals surface area contributed by atoms with Crippen LogP contribution in [0, 0.1) is 5.82 Å². The smallest absolute Gasteiger partial charge is 0.254 e. The summed E-state index contributed by atoms with van der Waals surface area (Å²) < 4.78 is 35.3. The monoisotopic (exact) mass is 540 g/mol. The first-order chi connectivity index (χ1) is 18.5. The second-order valence-corrected chi connectivity index (χ2v) is 10.1. The molecule has 1 aromatic heterocycles. The minimum atomic E-state index is -0.340. The van der Waals surface area contributed by atoms with Crippen molar-refractivity contribution < 1.29 is 32.9 Å². The summed E-state index contributed by atoms with van der Waals surface area (Å²) in [6.45, 7) is 1.61. The maximum absolute atomic E-state index is 13.7. The Balaban J connectivity index is 1.33. The normalized spacial score (nSPS) is 15.7. The number of fused-ring (bicyclic) bond motifs is 2. The van der Waals surface area contributed by atoms with E-state index >= 15 is 0 Å². The van der Waals surface area contributed by atoms with Crippen molar-refractivity contribution in [1.29, 1.82) is 0 Å². The third-order valence-corrected chi connectivity index (χ3v) is 7.64. The molecule has 10 heteroatoms. The predicted octanol–water partition coefficient (Wildman–Crippen LogP) is 4.30. The number of carbonyl (C=O) groups is 2.